The van der Waals surface area contributed by atoms with Crippen molar-refractivity contribution in [3.63, 3.8) is 0 Å². The van der Waals surface area contributed by atoms with Gasteiger partial charge in [-0.2, -0.15) is 9.59 Å². The molecule has 9 aliphatic carbocycles. The SMILES string of the molecule is CCC[C@H]1CC[C@@H]2O[C@@H]3C[C@]2(C[C@H]2OC4(CCCCC4)OC32)O1.CC[C@H]1CC[C@@H]2O[C@@H]3C[C@]2(C[C@H]2OC4(CCCCC4)OC32)O1.O=C=O.OCC[C@H]1CC[C@@H]2O[C@@H]3C[C@]2(C[C@H]2OC4(CCCCC4)OC32)O1.[C-]#[N+]CC[C@H]1CC[C@@H]2O[C@@H]3C[C@]2(C[C@@H](O)C3O)O1.[C-]#[N+]CC[C@H]1CC[C@@H]2O[C@@H]3C[C@]2(C[C@H]2OC4(CCCCC4)OC32)O1. The van der Waals surface area contributed by atoms with Crippen LogP contribution in [-0.4, -0.2) is 245 Å². The van der Waals surface area contributed by atoms with Crippen molar-refractivity contribution < 1.29 is 110 Å². The van der Waals surface area contributed by atoms with Gasteiger partial charge in [0.05, 0.1) is 150 Å². The topological polar surface area (TPSA) is 270 Å². The number of ether oxygens (including phenoxy) is 18. The molecule has 23 fully saturated rings. The van der Waals surface area contributed by atoms with Crippen LogP contribution in [-0.2, 0) is 94.9 Å². The van der Waals surface area contributed by atoms with Crippen molar-refractivity contribution in [2.75, 3.05) is 19.7 Å². The van der Waals surface area contributed by atoms with Crippen molar-refractivity contribution in [1.82, 2.24) is 0 Å². The van der Waals surface area contributed by atoms with Crippen molar-refractivity contribution in [1.29, 1.82) is 0 Å². The lowest BCUT2D eigenvalue weighted by atomic mass is 9.76. The van der Waals surface area contributed by atoms with E-state index in [1.54, 1.807) is 0 Å². The summed E-state index contributed by atoms with van der Waals surface area (Å²) in [6.07, 6.45) is 50.5. The van der Waals surface area contributed by atoms with E-state index in [-0.39, 0.29) is 186 Å². The van der Waals surface area contributed by atoms with Gasteiger partial charge in [0.2, 0.25) is 13.1 Å². The fraction of sp³-hybridized carbons (Fsp3) is 0.966. The maximum atomic E-state index is 9.90. The maximum Gasteiger partial charge on any atom is 0.373 e. The molecular formula is C88H132N2O23. The minimum Gasteiger partial charge on any atom is -0.396 e. The predicted molar refractivity (Wildman–Crippen MR) is 402 cm³/mol. The molecule has 10 bridgehead atoms. The second-order valence-corrected chi connectivity index (χ2v) is 38.8. The summed E-state index contributed by atoms with van der Waals surface area (Å²) in [7, 11) is 0. The van der Waals surface area contributed by atoms with Crippen molar-refractivity contribution in [2.45, 2.75) is 513 Å². The minimum absolute atomic E-state index is 0.00140. The Kier molecular flexibility index (Phi) is 24.1. The van der Waals surface area contributed by atoms with E-state index in [2.05, 4.69) is 23.5 Å². The molecule has 25 nitrogen and oxygen atoms in total. The highest BCUT2D eigenvalue weighted by Gasteiger charge is 2.71. The van der Waals surface area contributed by atoms with Crippen molar-refractivity contribution in [3.05, 3.63) is 22.8 Å². The second kappa shape index (κ2) is 33.4. The summed E-state index contributed by atoms with van der Waals surface area (Å²) >= 11 is 0. The molecular weight excluding hydrogens is 1450 g/mol. The first-order valence-electron chi connectivity index (χ1n) is 45.7. The second-order valence-electron chi connectivity index (χ2n) is 38.8. The minimum atomic E-state index is -0.786. The zero-order chi connectivity index (χ0) is 77.4. The number of aliphatic hydroxyl groups is 3. The first kappa shape index (κ1) is 81.5. The van der Waals surface area contributed by atoms with Gasteiger partial charge in [-0.25, -0.2) is 13.1 Å². The Morgan fingerprint density at radius 3 is 0.894 bits per heavy atom. The van der Waals surface area contributed by atoms with Crippen molar-refractivity contribution in [3.8, 4) is 0 Å². The van der Waals surface area contributed by atoms with E-state index >= 15 is 0 Å². The van der Waals surface area contributed by atoms with Gasteiger partial charge in [-0.3, -0.25) is 0 Å². The Morgan fingerprint density at radius 1 is 0.327 bits per heavy atom. The lowest BCUT2D eigenvalue weighted by Gasteiger charge is -2.44. The van der Waals surface area contributed by atoms with Gasteiger partial charge in [-0.05, 0) is 135 Å². The normalized spacial score (nSPS) is 49.4. The van der Waals surface area contributed by atoms with E-state index in [0.717, 1.165) is 193 Å². The average Bonchev–Trinajstić information content (AvgIpc) is 1.57. The van der Waals surface area contributed by atoms with Crippen LogP contribution in [0.25, 0.3) is 9.69 Å². The van der Waals surface area contributed by atoms with Crippen LogP contribution in [0.2, 0.25) is 0 Å². The number of hydrogen-bond acceptors (Lipinski definition) is 23. The van der Waals surface area contributed by atoms with Crippen LogP contribution >= 0.6 is 0 Å². The summed E-state index contributed by atoms with van der Waals surface area (Å²) in [4.78, 5) is 23.1. The van der Waals surface area contributed by atoms with Crippen LogP contribution in [0, 0.1) is 13.1 Å². The molecule has 0 radical (unpaired) electrons. The van der Waals surface area contributed by atoms with Gasteiger partial charge >= 0.3 is 6.15 Å². The Morgan fingerprint density at radius 2 is 0.593 bits per heavy atom. The Hall–Kier alpha value is -2.48. The number of hydrogen-bond donors (Lipinski definition) is 3. The molecule has 0 aromatic rings. The van der Waals surface area contributed by atoms with Crippen molar-refractivity contribution >= 4 is 6.15 Å². The van der Waals surface area contributed by atoms with E-state index in [4.69, 9.17) is 108 Å². The molecule has 0 aromatic heterocycles. The summed E-state index contributed by atoms with van der Waals surface area (Å²) in [5.41, 5.74) is -0.996. The van der Waals surface area contributed by atoms with E-state index in [9.17, 15) is 15.3 Å². The number of aliphatic hydroxyl groups excluding tert-OH is 3. The van der Waals surface area contributed by atoms with E-state index in [1.165, 1.54) is 89.9 Å². The monoisotopic (exact) mass is 1580 g/mol. The predicted octanol–water partition coefficient (Wildman–Crippen LogP) is 12.5. The molecule has 5 unspecified atom stereocenters. The zero-order valence-electron chi connectivity index (χ0n) is 67.5. The third-order valence-corrected chi connectivity index (χ3v) is 31.5. The molecule has 25 heteroatoms. The first-order valence-corrected chi connectivity index (χ1v) is 45.7. The van der Waals surface area contributed by atoms with Crippen LogP contribution in [0.3, 0.4) is 0 Å². The molecule has 113 heavy (non-hydrogen) atoms. The van der Waals surface area contributed by atoms with Gasteiger partial charge in [0.1, 0.15) is 30.5 Å². The van der Waals surface area contributed by atoms with Crippen LogP contribution in [0.4, 0.5) is 0 Å². The van der Waals surface area contributed by atoms with Gasteiger partial charge in [-0.15, -0.1) is 0 Å². The van der Waals surface area contributed by atoms with Crippen LogP contribution in [0.5, 0.6) is 0 Å². The maximum absolute atomic E-state index is 9.90. The molecule has 23 aliphatic rings. The molecule has 9 spiro atoms. The molecule has 14 heterocycles. The zero-order valence-corrected chi connectivity index (χ0v) is 67.5. The van der Waals surface area contributed by atoms with E-state index in [1.807, 2.05) is 0 Å². The highest BCUT2D eigenvalue weighted by atomic mass is 16.8. The van der Waals surface area contributed by atoms with Gasteiger partial charge in [0, 0.05) is 135 Å². The number of fused-ring (bicyclic) bond motifs is 13. The van der Waals surface area contributed by atoms with E-state index < -0.39 is 17.8 Å². The van der Waals surface area contributed by atoms with Gasteiger partial charge < -0.3 is 110 Å². The van der Waals surface area contributed by atoms with Crippen LogP contribution < -0.4 is 0 Å². The number of rotatable bonds is 9. The molecule has 9 saturated carbocycles. The quantitative estimate of drug-likeness (QED) is 0.181. The molecule has 14 aliphatic heterocycles. The summed E-state index contributed by atoms with van der Waals surface area (Å²) in [5.74, 6) is -1.28. The largest absolute Gasteiger partial charge is 0.396 e. The molecule has 14 saturated heterocycles. The highest BCUT2D eigenvalue weighted by Crippen LogP contribution is 2.62. The molecule has 30 atom stereocenters. The molecule has 632 valence electrons. The standard InChI is InChI=1S/C19H27NO4.C19H30O4.C18H28O5.C18H28O4.C13H19NO4.CO2/c1-20-10-7-13-5-6-16-18(22-13)11-14(21-16)17-15(12-18)23-19(24-17)8-3-2-4-9-19;1-2-6-13-7-8-16-18(21-13)11-14(20-16)17-15(12-18)22-19(23-17)9-4-3-5-10-19;19-9-6-12-4-5-15-17(21-12)10-13(20-15)16-14(11-17)22-18(23-16)7-2-1-3-8-18;1-2-12-6-7-15-17(20-12)10-13(19-15)16-14(11-17)21-18(22-16)8-4-3-5-9-18;1-14-5-4-8-2-3-11-13(18-8)6-9(15)12(16)10(7-13)17-11;2-1-3/h13-17H,2-12H2;13-17H,2-12H2,1H3;12-16,19H,1-11H2;12-16H,2-11H2,1H3;8-12,15-16H,2-7H2;/t13-,14-,15-,16+,17?,18-;13-,14+,15+,16-,17?,18+;12-,13-,14-,15+,16?,17-;12-,13+,14+,15-,16?,17+;8-,9-,10-,11+,12?,13+;/m10101./s1. The third-order valence-electron chi connectivity index (χ3n) is 31.5. The summed E-state index contributed by atoms with van der Waals surface area (Å²) in [6, 6.07) is 0. The first-order chi connectivity index (χ1) is 54.9. The summed E-state index contributed by atoms with van der Waals surface area (Å²) < 4.78 is 116. The summed E-state index contributed by atoms with van der Waals surface area (Å²) in [5, 5.41) is 29.0. The smallest absolute Gasteiger partial charge is 0.373 e. The molecule has 0 amide bonds. The Labute approximate surface area is 668 Å². The summed E-state index contributed by atoms with van der Waals surface area (Å²) in [6.45, 7) is 19.6. The lowest BCUT2D eigenvalue weighted by Crippen LogP contribution is -2.54. The number of nitrogens with zero attached hydrogens (tertiary/aromatic N) is 2. The van der Waals surface area contributed by atoms with Gasteiger partial charge in [-0.1, -0.05) is 46.0 Å². The average molecular weight is 1590 g/mol. The Bertz CT molecular complexity index is 3260. The van der Waals surface area contributed by atoms with Crippen LogP contribution in [0.15, 0.2) is 0 Å². The van der Waals surface area contributed by atoms with Crippen molar-refractivity contribution in [2.24, 2.45) is 0 Å². The fourth-order valence-electron chi connectivity index (χ4n) is 26.5. The third kappa shape index (κ3) is 15.8. The highest BCUT2D eigenvalue weighted by molar-refractivity contribution is 5.20. The molecule has 0 aromatic carbocycles. The van der Waals surface area contributed by atoms with Gasteiger partial charge in [0.25, 0.3) is 0 Å². The lowest BCUT2D eigenvalue weighted by molar-refractivity contribution is -0.216. The van der Waals surface area contributed by atoms with Crippen LogP contribution in [0.1, 0.15) is 309 Å². The Balaban J connectivity index is 0.0000000978. The van der Waals surface area contributed by atoms with E-state index in [0.29, 0.717) is 38.1 Å². The molecule has 3 N–H and O–H groups in total. The number of carbonyl (C=O) groups excluding carboxylic acids is 2. The van der Waals surface area contributed by atoms with Gasteiger partial charge in [0.15, 0.2) is 23.1 Å². The fourth-order valence-corrected chi connectivity index (χ4v) is 26.5. The molecule has 23 rings (SSSR count).